The number of anilines is 2. The standard InChI is InChI=1S/C18H13ClFN3O4S/c1-11(24)22(15-5-3-2-4-14(15)20)18-21-13(10-28-18)9-27-17-7-6-12(19)8-16(17)23(25)26/h2-8,10H,9H2,1H3. The van der Waals surface area contributed by atoms with E-state index in [2.05, 4.69) is 4.98 Å². The van der Waals surface area contributed by atoms with Gasteiger partial charge in [-0.1, -0.05) is 23.7 Å². The molecule has 1 heterocycles. The summed E-state index contributed by atoms with van der Waals surface area (Å²) in [7, 11) is 0. The highest BCUT2D eigenvalue weighted by Gasteiger charge is 2.21. The third kappa shape index (κ3) is 4.26. The van der Waals surface area contributed by atoms with Crippen LogP contribution >= 0.6 is 22.9 Å². The zero-order valence-corrected chi connectivity index (χ0v) is 16.0. The number of carbonyl (C=O) groups is 1. The number of hydrogen-bond acceptors (Lipinski definition) is 6. The third-order valence-electron chi connectivity index (χ3n) is 3.63. The number of thiazole rings is 1. The molecule has 1 aromatic heterocycles. The summed E-state index contributed by atoms with van der Waals surface area (Å²) in [4.78, 5) is 28.0. The summed E-state index contributed by atoms with van der Waals surface area (Å²) in [5.74, 6) is -0.913. The largest absolute Gasteiger partial charge is 0.480 e. The van der Waals surface area contributed by atoms with Crippen LogP contribution < -0.4 is 9.64 Å². The van der Waals surface area contributed by atoms with Gasteiger partial charge in [0.1, 0.15) is 12.4 Å². The molecule has 0 N–H and O–H groups in total. The molecule has 0 fully saturated rings. The monoisotopic (exact) mass is 421 g/mol. The lowest BCUT2D eigenvalue weighted by Crippen LogP contribution is -2.23. The Kier molecular flexibility index (Phi) is 5.86. The second kappa shape index (κ2) is 8.32. The molecule has 1 amide bonds. The van der Waals surface area contributed by atoms with Crippen molar-refractivity contribution < 1.29 is 18.8 Å². The molecule has 0 aliphatic rings. The minimum atomic E-state index is -0.594. The highest BCUT2D eigenvalue weighted by Crippen LogP contribution is 2.33. The zero-order valence-electron chi connectivity index (χ0n) is 14.5. The molecule has 0 aliphatic carbocycles. The van der Waals surface area contributed by atoms with Crippen molar-refractivity contribution in [2.24, 2.45) is 0 Å². The van der Waals surface area contributed by atoms with Crippen LogP contribution in [0.2, 0.25) is 5.02 Å². The number of benzene rings is 2. The van der Waals surface area contributed by atoms with E-state index >= 15 is 0 Å². The van der Waals surface area contributed by atoms with Crippen LogP contribution in [-0.2, 0) is 11.4 Å². The second-order valence-corrected chi connectivity index (χ2v) is 6.86. The lowest BCUT2D eigenvalue weighted by molar-refractivity contribution is -0.385. The quantitative estimate of drug-likeness (QED) is 0.408. The Bertz CT molecular complexity index is 1040. The van der Waals surface area contributed by atoms with Gasteiger partial charge >= 0.3 is 5.69 Å². The number of nitrogens with zero attached hydrogens (tertiary/aromatic N) is 3. The number of para-hydroxylation sites is 1. The molecule has 144 valence electrons. The van der Waals surface area contributed by atoms with Gasteiger partial charge in [0.05, 0.1) is 16.3 Å². The van der Waals surface area contributed by atoms with Gasteiger partial charge < -0.3 is 4.74 Å². The number of amides is 1. The van der Waals surface area contributed by atoms with E-state index in [-0.39, 0.29) is 33.9 Å². The molecule has 0 bridgehead atoms. The molecule has 10 heteroatoms. The van der Waals surface area contributed by atoms with Gasteiger partial charge in [-0.25, -0.2) is 9.37 Å². The molecule has 0 radical (unpaired) electrons. The number of nitro groups is 1. The van der Waals surface area contributed by atoms with Crippen LogP contribution in [0.3, 0.4) is 0 Å². The Morgan fingerprint density at radius 1 is 1.36 bits per heavy atom. The Morgan fingerprint density at radius 3 is 2.79 bits per heavy atom. The first-order chi connectivity index (χ1) is 13.4. The van der Waals surface area contributed by atoms with Crippen molar-refractivity contribution in [3.05, 3.63) is 74.5 Å². The van der Waals surface area contributed by atoms with Gasteiger partial charge in [-0.05, 0) is 24.3 Å². The van der Waals surface area contributed by atoms with Crippen molar-refractivity contribution in [3.63, 3.8) is 0 Å². The fraction of sp³-hybridized carbons (Fsp3) is 0.111. The molecule has 0 spiro atoms. The van der Waals surface area contributed by atoms with Crippen LogP contribution in [0.15, 0.2) is 47.8 Å². The molecule has 2 aromatic carbocycles. The maximum absolute atomic E-state index is 14.1. The fourth-order valence-electron chi connectivity index (χ4n) is 2.41. The van der Waals surface area contributed by atoms with Gasteiger partial charge in [0.15, 0.2) is 10.9 Å². The molecule has 7 nitrogen and oxygen atoms in total. The minimum absolute atomic E-state index is 0.0430. The first-order valence-electron chi connectivity index (χ1n) is 7.93. The van der Waals surface area contributed by atoms with Crippen LogP contribution in [0.5, 0.6) is 5.75 Å². The summed E-state index contributed by atoms with van der Waals surface area (Å²) in [5, 5.41) is 13.2. The summed E-state index contributed by atoms with van der Waals surface area (Å²) in [6, 6.07) is 9.94. The molecule has 0 atom stereocenters. The average molecular weight is 422 g/mol. The number of carbonyl (C=O) groups excluding carboxylic acids is 1. The van der Waals surface area contributed by atoms with Crippen molar-refractivity contribution >= 4 is 45.4 Å². The van der Waals surface area contributed by atoms with Gasteiger partial charge in [0, 0.05) is 23.4 Å². The third-order valence-corrected chi connectivity index (χ3v) is 4.74. The maximum atomic E-state index is 14.1. The normalized spacial score (nSPS) is 10.5. The molecular formula is C18H13ClFN3O4S. The molecule has 3 aromatic rings. The zero-order chi connectivity index (χ0) is 20.3. The average Bonchev–Trinajstić information content (AvgIpc) is 3.10. The Balaban J connectivity index is 1.82. The Hall–Kier alpha value is -3.04. The van der Waals surface area contributed by atoms with Crippen molar-refractivity contribution in [1.82, 2.24) is 4.98 Å². The van der Waals surface area contributed by atoms with E-state index in [1.165, 1.54) is 43.3 Å². The first-order valence-corrected chi connectivity index (χ1v) is 9.19. The lowest BCUT2D eigenvalue weighted by Gasteiger charge is -2.18. The van der Waals surface area contributed by atoms with Gasteiger partial charge in [-0.2, -0.15) is 0 Å². The predicted octanol–water partition coefficient (Wildman–Crippen LogP) is 5.11. The van der Waals surface area contributed by atoms with E-state index in [0.29, 0.717) is 5.69 Å². The number of hydrogen-bond donors (Lipinski definition) is 0. The fourth-order valence-corrected chi connectivity index (χ4v) is 3.44. The topological polar surface area (TPSA) is 85.6 Å². The van der Waals surface area contributed by atoms with Gasteiger partial charge in [0.2, 0.25) is 5.91 Å². The van der Waals surface area contributed by atoms with Crippen LogP contribution in [0.25, 0.3) is 0 Å². The summed E-state index contributed by atoms with van der Waals surface area (Å²) < 4.78 is 19.6. The van der Waals surface area contributed by atoms with Crippen LogP contribution in [0.1, 0.15) is 12.6 Å². The molecule has 0 unspecified atom stereocenters. The van der Waals surface area contributed by atoms with E-state index in [4.69, 9.17) is 16.3 Å². The maximum Gasteiger partial charge on any atom is 0.312 e. The van der Waals surface area contributed by atoms with Crippen LogP contribution in [0.4, 0.5) is 20.9 Å². The first kappa shape index (κ1) is 19.7. The number of halogens is 2. The molecule has 3 rings (SSSR count). The van der Waals surface area contributed by atoms with E-state index in [0.717, 1.165) is 16.2 Å². The number of aromatic nitrogens is 1. The lowest BCUT2D eigenvalue weighted by atomic mass is 10.3. The molecular weight excluding hydrogens is 409 g/mol. The number of nitro benzene ring substituents is 1. The van der Waals surface area contributed by atoms with Gasteiger partial charge in [-0.3, -0.25) is 19.8 Å². The highest BCUT2D eigenvalue weighted by atomic mass is 35.5. The Morgan fingerprint density at radius 2 is 2.11 bits per heavy atom. The molecule has 0 saturated carbocycles. The van der Waals surface area contributed by atoms with Gasteiger partial charge in [-0.15, -0.1) is 11.3 Å². The van der Waals surface area contributed by atoms with E-state index < -0.39 is 16.6 Å². The molecule has 28 heavy (non-hydrogen) atoms. The van der Waals surface area contributed by atoms with Crippen molar-refractivity contribution in [3.8, 4) is 5.75 Å². The summed E-state index contributed by atoms with van der Waals surface area (Å²) >= 11 is 6.91. The highest BCUT2D eigenvalue weighted by molar-refractivity contribution is 7.14. The second-order valence-electron chi connectivity index (χ2n) is 5.59. The Labute approximate surface area is 168 Å². The smallest absolute Gasteiger partial charge is 0.312 e. The number of ether oxygens (including phenoxy) is 1. The van der Waals surface area contributed by atoms with Crippen molar-refractivity contribution in [2.75, 3.05) is 4.90 Å². The summed E-state index contributed by atoms with van der Waals surface area (Å²) in [5.41, 5.74) is 0.261. The minimum Gasteiger partial charge on any atom is -0.480 e. The predicted molar refractivity (Wildman–Crippen MR) is 104 cm³/mol. The van der Waals surface area contributed by atoms with Crippen LogP contribution in [-0.4, -0.2) is 15.8 Å². The van der Waals surface area contributed by atoms with Crippen molar-refractivity contribution in [1.29, 1.82) is 0 Å². The SMILES string of the molecule is CC(=O)N(c1nc(COc2ccc(Cl)cc2[N+](=O)[O-])cs1)c1ccccc1F. The van der Waals surface area contributed by atoms with E-state index in [9.17, 15) is 19.3 Å². The molecule has 0 saturated heterocycles. The van der Waals surface area contributed by atoms with E-state index in [1.807, 2.05) is 0 Å². The molecule has 0 aliphatic heterocycles. The van der Waals surface area contributed by atoms with Gasteiger partial charge in [0.25, 0.3) is 0 Å². The van der Waals surface area contributed by atoms with E-state index in [1.54, 1.807) is 11.4 Å². The number of rotatable bonds is 6. The summed E-state index contributed by atoms with van der Waals surface area (Å²) in [6.45, 7) is 1.24. The van der Waals surface area contributed by atoms with Crippen molar-refractivity contribution in [2.45, 2.75) is 13.5 Å². The van der Waals surface area contributed by atoms with Crippen LogP contribution in [0, 0.1) is 15.9 Å². The summed E-state index contributed by atoms with van der Waals surface area (Å²) in [6.07, 6.45) is 0.